The summed E-state index contributed by atoms with van der Waals surface area (Å²) in [5.74, 6) is 0. The smallest absolute Gasteiger partial charge is 0.0195 e. The van der Waals surface area contributed by atoms with Gasteiger partial charge < -0.3 is 10.2 Å². The van der Waals surface area contributed by atoms with Crippen LogP contribution in [-0.2, 0) is 0 Å². The number of hydrogen-bond donors (Lipinski definition) is 1. The average molecular weight is 140 g/mol. The van der Waals surface area contributed by atoms with Crippen molar-refractivity contribution in [2.75, 3.05) is 26.2 Å². The van der Waals surface area contributed by atoms with E-state index in [4.69, 9.17) is 0 Å². The maximum absolute atomic E-state index is 3.51. The zero-order valence-corrected chi connectivity index (χ0v) is 6.47. The van der Waals surface area contributed by atoms with Gasteiger partial charge in [0.25, 0.3) is 0 Å². The molecule has 2 rings (SSSR count). The van der Waals surface area contributed by atoms with Gasteiger partial charge in [0, 0.05) is 12.6 Å². The molecule has 0 radical (unpaired) electrons. The standard InChI is InChI=1S/C8H16N2/c1-3-8(9-4-1)7-10-5-2-6-10/h8-9H,1-7H2. The van der Waals surface area contributed by atoms with E-state index in [-0.39, 0.29) is 0 Å². The van der Waals surface area contributed by atoms with Crippen LogP contribution in [0, 0.1) is 0 Å². The minimum atomic E-state index is 0.820. The number of hydrogen-bond acceptors (Lipinski definition) is 2. The Morgan fingerprint density at radius 1 is 1.30 bits per heavy atom. The fraction of sp³-hybridized carbons (Fsp3) is 1.00. The molecular weight excluding hydrogens is 124 g/mol. The Labute approximate surface area is 62.6 Å². The lowest BCUT2D eigenvalue weighted by atomic mass is 10.1. The molecule has 1 N–H and O–H groups in total. The second-order valence-electron chi connectivity index (χ2n) is 3.45. The molecule has 0 aromatic carbocycles. The summed E-state index contributed by atoms with van der Waals surface area (Å²) in [6.45, 7) is 5.24. The van der Waals surface area contributed by atoms with Gasteiger partial charge in [0.05, 0.1) is 0 Å². The van der Waals surface area contributed by atoms with Gasteiger partial charge in [0.2, 0.25) is 0 Å². The van der Waals surface area contributed by atoms with Gasteiger partial charge in [-0.15, -0.1) is 0 Å². The highest BCUT2D eigenvalue weighted by molar-refractivity contribution is 4.80. The minimum absolute atomic E-state index is 0.820. The van der Waals surface area contributed by atoms with Gasteiger partial charge in [-0.1, -0.05) is 0 Å². The highest BCUT2D eigenvalue weighted by atomic mass is 15.2. The second-order valence-corrected chi connectivity index (χ2v) is 3.45. The summed E-state index contributed by atoms with van der Waals surface area (Å²) in [5, 5.41) is 3.51. The Bertz CT molecular complexity index is 104. The number of likely N-dealkylation sites (tertiary alicyclic amines) is 1. The molecule has 1 unspecified atom stereocenters. The van der Waals surface area contributed by atoms with Crippen molar-refractivity contribution < 1.29 is 0 Å². The highest BCUT2D eigenvalue weighted by Crippen LogP contribution is 2.11. The molecule has 58 valence electrons. The summed E-state index contributed by atoms with van der Waals surface area (Å²) >= 11 is 0. The molecule has 2 aliphatic rings. The summed E-state index contributed by atoms with van der Waals surface area (Å²) in [6, 6.07) is 0.820. The van der Waals surface area contributed by atoms with E-state index in [2.05, 4.69) is 10.2 Å². The van der Waals surface area contributed by atoms with Crippen LogP contribution in [0.5, 0.6) is 0 Å². The Hall–Kier alpha value is -0.0800. The average Bonchev–Trinajstić information content (AvgIpc) is 2.29. The SMILES string of the molecule is C1CNC(CN2CCC2)C1. The van der Waals surface area contributed by atoms with Gasteiger partial charge in [-0.25, -0.2) is 0 Å². The first-order valence-electron chi connectivity index (χ1n) is 4.41. The van der Waals surface area contributed by atoms with Crippen LogP contribution in [0.2, 0.25) is 0 Å². The van der Waals surface area contributed by atoms with Crippen molar-refractivity contribution in [3.05, 3.63) is 0 Å². The van der Waals surface area contributed by atoms with Crippen LogP contribution < -0.4 is 5.32 Å². The van der Waals surface area contributed by atoms with Gasteiger partial charge in [0.15, 0.2) is 0 Å². The molecule has 0 saturated carbocycles. The maximum Gasteiger partial charge on any atom is 0.0195 e. The van der Waals surface area contributed by atoms with Gasteiger partial charge in [-0.3, -0.25) is 0 Å². The molecular formula is C8H16N2. The third-order valence-corrected chi connectivity index (χ3v) is 2.59. The van der Waals surface area contributed by atoms with Crippen LogP contribution >= 0.6 is 0 Å². The number of nitrogens with zero attached hydrogens (tertiary/aromatic N) is 1. The van der Waals surface area contributed by atoms with Crippen molar-refractivity contribution in [3.63, 3.8) is 0 Å². The van der Waals surface area contributed by atoms with E-state index in [0.717, 1.165) is 6.04 Å². The molecule has 10 heavy (non-hydrogen) atoms. The van der Waals surface area contributed by atoms with Crippen LogP contribution in [-0.4, -0.2) is 37.1 Å². The normalized spacial score (nSPS) is 34.2. The third-order valence-electron chi connectivity index (χ3n) is 2.59. The molecule has 0 aromatic rings. The molecule has 2 nitrogen and oxygen atoms in total. The first kappa shape index (κ1) is 6.62. The molecule has 0 spiro atoms. The molecule has 2 saturated heterocycles. The Morgan fingerprint density at radius 2 is 2.20 bits per heavy atom. The van der Waals surface area contributed by atoms with E-state index in [9.17, 15) is 0 Å². The van der Waals surface area contributed by atoms with Crippen molar-refractivity contribution in [2.45, 2.75) is 25.3 Å². The summed E-state index contributed by atoms with van der Waals surface area (Å²) in [5.41, 5.74) is 0. The predicted octanol–water partition coefficient (Wildman–Crippen LogP) is 0.444. The fourth-order valence-electron chi connectivity index (χ4n) is 1.79. The number of nitrogens with one attached hydrogen (secondary N) is 1. The van der Waals surface area contributed by atoms with Gasteiger partial charge in [0.1, 0.15) is 0 Å². The van der Waals surface area contributed by atoms with Crippen molar-refractivity contribution in [1.82, 2.24) is 10.2 Å². The van der Waals surface area contributed by atoms with Crippen LogP contribution in [0.15, 0.2) is 0 Å². The monoisotopic (exact) mass is 140 g/mol. The first-order valence-corrected chi connectivity index (χ1v) is 4.41. The summed E-state index contributed by atoms with van der Waals surface area (Å²) in [6.07, 6.45) is 4.21. The summed E-state index contributed by atoms with van der Waals surface area (Å²) in [7, 11) is 0. The van der Waals surface area contributed by atoms with Gasteiger partial charge in [-0.2, -0.15) is 0 Å². The van der Waals surface area contributed by atoms with Crippen molar-refractivity contribution in [3.8, 4) is 0 Å². The summed E-state index contributed by atoms with van der Waals surface area (Å²) < 4.78 is 0. The predicted molar refractivity (Wildman–Crippen MR) is 42.1 cm³/mol. The van der Waals surface area contributed by atoms with Crippen molar-refractivity contribution >= 4 is 0 Å². The quantitative estimate of drug-likeness (QED) is 0.599. The Balaban J connectivity index is 1.68. The van der Waals surface area contributed by atoms with Gasteiger partial charge in [-0.05, 0) is 38.9 Å². The van der Waals surface area contributed by atoms with Crippen molar-refractivity contribution in [1.29, 1.82) is 0 Å². The molecule has 0 aliphatic carbocycles. The van der Waals surface area contributed by atoms with E-state index < -0.39 is 0 Å². The fourth-order valence-corrected chi connectivity index (χ4v) is 1.79. The van der Waals surface area contributed by atoms with E-state index in [1.807, 2.05) is 0 Å². The highest BCUT2D eigenvalue weighted by Gasteiger charge is 2.20. The van der Waals surface area contributed by atoms with E-state index >= 15 is 0 Å². The van der Waals surface area contributed by atoms with Gasteiger partial charge >= 0.3 is 0 Å². The topological polar surface area (TPSA) is 15.3 Å². The molecule has 2 aliphatic heterocycles. The van der Waals surface area contributed by atoms with E-state index in [1.54, 1.807) is 0 Å². The lowest BCUT2D eigenvalue weighted by Gasteiger charge is -2.32. The van der Waals surface area contributed by atoms with Crippen LogP contribution in [0.25, 0.3) is 0 Å². The lowest BCUT2D eigenvalue weighted by Crippen LogP contribution is -2.44. The van der Waals surface area contributed by atoms with E-state index in [0.29, 0.717) is 0 Å². The van der Waals surface area contributed by atoms with Crippen molar-refractivity contribution in [2.24, 2.45) is 0 Å². The minimum Gasteiger partial charge on any atom is -0.313 e. The van der Waals surface area contributed by atoms with Crippen LogP contribution in [0.4, 0.5) is 0 Å². The molecule has 0 amide bonds. The van der Waals surface area contributed by atoms with E-state index in [1.165, 1.54) is 45.4 Å². The second kappa shape index (κ2) is 2.89. The molecule has 2 heterocycles. The molecule has 1 atom stereocenters. The van der Waals surface area contributed by atoms with Crippen LogP contribution in [0.1, 0.15) is 19.3 Å². The first-order chi connectivity index (χ1) is 4.95. The Morgan fingerprint density at radius 3 is 2.70 bits per heavy atom. The summed E-state index contributed by atoms with van der Waals surface area (Å²) in [4.78, 5) is 2.54. The molecule has 2 fully saturated rings. The third kappa shape index (κ3) is 1.32. The molecule has 2 heteroatoms. The Kier molecular flexibility index (Phi) is 1.91. The zero-order valence-electron chi connectivity index (χ0n) is 6.47. The molecule has 0 aromatic heterocycles. The maximum atomic E-state index is 3.51. The zero-order chi connectivity index (χ0) is 6.81. The lowest BCUT2D eigenvalue weighted by molar-refractivity contribution is 0.166. The molecule has 0 bridgehead atoms. The largest absolute Gasteiger partial charge is 0.313 e. The van der Waals surface area contributed by atoms with Crippen LogP contribution in [0.3, 0.4) is 0 Å². The number of rotatable bonds is 2.